The molecule has 0 fully saturated rings. The van der Waals surface area contributed by atoms with Crippen LogP contribution >= 0.6 is 0 Å². The van der Waals surface area contributed by atoms with Crippen molar-refractivity contribution in [1.29, 1.82) is 0 Å². The topological polar surface area (TPSA) is 128 Å². The van der Waals surface area contributed by atoms with Gasteiger partial charge in [-0.05, 0) is 24.3 Å². The minimum absolute atomic E-state index is 0.0187. The second kappa shape index (κ2) is 7.46. The Balaban J connectivity index is 1.55. The Bertz CT molecular complexity index is 999. The van der Waals surface area contributed by atoms with Crippen LogP contribution in [0.1, 0.15) is 12.3 Å². The van der Waals surface area contributed by atoms with E-state index >= 15 is 0 Å². The van der Waals surface area contributed by atoms with Crippen LogP contribution < -0.4 is 10.5 Å². The molecule has 0 aliphatic heterocycles. The Hall–Kier alpha value is -3.04. The molecule has 2 aromatic carbocycles. The largest absolute Gasteiger partial charge is 0.339 e. The summed E-state index contributed by atoms with van der Waals surface area (Å²) in [6, 6.07) is 15.0. The van der Waals surface area contributed by atoms with E-state index in [-0.39, 0.29) is 17.2 Å². The Morgan fingerprint density at radius 3 is 2.42 bits per heavy atom. The molecule has 1 heterocycles. The Kier molecular flexibility index (Phi) is 5.10. The quantitative estimate of drug-likeness (QED) is 0.680. The number of aromatic nitrogens is 2. The lowest BCUT2D eigenvalue weighted by atomic mass is 10.2. The highest BCUT2D eigenvalue weighted by Crippen LogP contribution is 2.16. The van der Waals surface area contributed by atoms with Crippen molar-refractivity contribution in [2.75, 3.05) is 5.32 Å². The Morgan fingerprint density at radius 2 is 1.77 bits per heavy atom. The number of carbonyl (C=O) groups excluding carboxylic acids is 1. The number of nitrogens with zero attached hydrogens (tertiary/aromatic N) is 2. The fraction of sp³-hybridized carbons (Fsp3) is 0.118. The summed E-state index contributed by atoms with van der Waals surface area (Å²) in [5.41, 5.74) is 1.31. The Labute approximate surface area is 150 Å². The number of hydrogen-bond donors (Lipinski definition) is 2. The molecule has 0 aliphatic rings. The number of benzene rings is 2. The van der Waals surface area contributed by atoms with Gasteiger partial charge >= 0.3 is 0 Å². The summed E-state index contributed by atoms with van der Waals surface area (Å²) in [5.74, 6) is 0.580. The third-order valence-corrected chi connectivity index (χ3v) is 4.46. The first-order valence-electron chi connectivity index (χ1n) is 7.72. The molecule has 3 aromatic rings. The highest BCUT2D eigenvalue weighted by atomic mass is 32.2. The average molecular weight is 372 g/mol. The number of carbonyl (C=O) groups is 1. The first-order valence-corrected chi connectivity index (χ1v) is 9.27. The number of primary sulfonamides is 1. The van der Waals surface area contributed by atoms with Crippen LogP contribution in [0.5, 0.6) is 0 Å². The Morgan fingerprint density at radius 1 is 1.08 bits per heavy atom. The molecule has 3 rings (SSSR count). The number of nitrogens with two attached hydrogens (primary N) is 1. The molecule has 8 nitrogen and oxygen atoms in total. The van der Waals surface area contributed by atoms with Crippen LogP contribution in [0.15, 0.2) is 64.0 Å². The fourth-order valence-corrected chi connectivity index (χ4v) is 2.75. The lowest BCUT2D eigenvalue weighted by Crippen LogP contribution is -2.14. The van der Waals surface area contributed by atoms with Crippen LogP contribution in [0.3, 0.4) is 0 Å². The zero-order chi connectivity index (χ0) is 18.6. The van der Waals surface area contributed by atoms with Gasteiger partial charge in [-0.1, -0.05) is 35.5 Å². The van der Waals surface area contributed by atoms with Gasteiger partial charge < -0.3 is 9.84 Å². The molecule has 0 saturated heterocycles. The maximum Gasteiger partial charge on any atom is 0.238 e. The fourth-order valence-electron chi connectivity index (χ4n) is 2.23. The SMILES string of the molecule is NS(=O)(=O)c1ccc(NC(=O)CCc2nc(-c3ccccc3)no2)cc1. The van der Waals surface area contributed by atoms with Crippen molar-refractivity contribution in [1.82, 2.24) is 10.1 Å². The molecule has 0 aliphatic carbocycles. The summed E-state index contributed by atoms with van der Waals surface area (Å²) in [7, 11) is -3.76. The van der Waals surface area contributed by atoms with Crippen LogP contribution in [-0.4, -0.2) is 24.5 Å². The van der Waals surface area contributed by atoms with Crippen molar-refractivity contribution in [2.45, 2.75) is 17.7 Å². The van der Waals surface area contributed by atoms with Crippen molar-refractivity contribution < 1.29 is 17.7 Å². The van der Waals surface area contributed by atoms with E-state index in [1.54, 1.807) is 0 Å². The highest BCUT2D eigenvalue weighted by molar-refractivity contribution is 7.89. The van der Waals surface area contributed by atoms with Crippen LogP contribution in [0.2, 0.25) is 0 Å². The number of nitrogens with one attached hydrogen (secondary N) is 1. The highest BCUT2D eigenvalue weighted by Gasteiger charge is 2.11. The number of anilines is 1. The number of rotatable bonds is 6. The minimum Gasteiger partial charge on any atom is -0.339 e. The monoisotopic (exact) mass is 372 g/mol. The second-order valence-electron chi connectivity index (χ2n) is 5.50. The standard InChI is InChI=1S/C17H16N4O4S/c18-26(23,24)14-8-6-13(7-9-14)19-15(22)10-11-16-20-17(21-25-16)12-4-2-1-3-5-12/h1-9H,10-11H2,(H,19,22)(H2,18,23,24). The van der Waals surface area contributed by atoms with Crippen LogP contribution in [0.25, 0.3) is 11.4 Å². The molecule has 26 heavy (non-hydrogen) atoms. The van der Waals surface area contributed by atoms with Gasteiger partial charge in [-0.3, -0.25) is 4.79 Å². The summed E-state index contributed by atoms with van der Waals surface area (Å²) in [6.07, 6.45) is 0.439. The number of amides is 1. The number of sulfonamides is 1. The van der Waals surface area contributed by atoms with Gasteiger partial charge in [0.15, 0.2) is 0 Å². The maximum atomic E-state index is 12.0. The zero-order valence-electron chi connectivity index (χ0n) is 13.6. The lowest BCUT2D eigenvalue weighted by molar-refractivity contribution is -0.116. The van der Waals surface area contributed by atoms with E-state index in [1.165, 1.54) is 24.3 Å². The van der Waals surface area contributed by atoms with E-state index in [1.807, 2.05) is 30.3 Å². The third-order valence-electron chi connectivity index (χ3n) is 3.53. The normalized spacial score (nSPS) is 11.3. The molecule has 0 radical (unpaired) electrons. The van der Waals surface area contributed by atoms with E-state index in [0.717, 1.165) is 5.56 Å². The molecule has 0 spiro atoms. The molecular weight excluding hydrogens is 356 g/mol. The third kappa shape index (κ3) is 4.52. The molecule has 0 atom stereocenters. The predicted octanol–water partition coefficient (Wildman–Crippen LogP) is 1.96. The summed E-state index contributed by atoms with van der Waals surface area (Å²) < 4.78 is 27.5. The van der Waals surface area contributed by atoms with Crippen LogP contribution in [-0.2, 0) is 21.2 Å². The van der Waals surface area contributed by atoms with E-state index in [0.29, 0.717) is 23.8 Å². The zero-order valence-corrected chi connectivity index (χ0v) is 14.4. The first kappa shape index (κ1) is 17.8. The van der Waals surface area contributed by atoms with Gasteiger partial charge in [-0.25, -0.2) is 13.6 Å². The average Bonchev–Trinajstić information content (AvgIpc) is 3.09. The van der Waals surface area contributed by atoms with Crippen molar-refractivity contribution in [3.05, 3.63) is 60.5 Å². The van der Waals surface area contributed by atoms with E-state index < -0.39 is 10.0 Å². The van der Waals surface area contributed by atoms with Gasteiger partial charge in [0.25, 0.3) is 0 Å². The molecule has 1 aromatic heterocycles. The van der Waals surface area contributed by atoms with Gasteiger partial charge in [-0.2, -0.15) is 4.98 Å². The summed E-state index contributed by atoms with van der Waals surface area (Å²) in [4.78, 5) is 16.2. The molecule has 1 amide bonds. The molecule has 9 heteroatoms. The molecular formula is C17H16N4O4S. The summed E-state index contributed by atoms with van der Waals surface area (Å²) in [5, 5.41) is 11.6. The maximum absolute atomic E-state index is 12.0. The van der Waals surface area contributed by atoms with E-state index in [9.17, 15) is 13.2 Å². The van der Waals surface area contributed by atoms with E-state index in [2.05, 4.69) is 15.5 Å². The van der Waals surface area contributed by atoms with Gasteiger partial charge in [0.2, 0.25) is 27.6 Å². The smallest absolute Gasteiger partial charge is 0.238 e. The van der Waals surface area contributed by atoms with Gasteiger partial charge in [-0.15, -0.1) is 0 Å². The van der Waals surface area contributed by atoms with Crippen molar-refractivity contribution >= 4 is 21.6 Å². The minimum atomic E-state index is -3.76. The molecule has 3 N–H and O–H groups in total. The van der Waals surface area contributed by atoms with Crippen molar-refractivity contribution in [2.24, 2.45) is 5.14 Å². The van der Waals surface area contributed by atoms with Crippen molar-refractivity contribution in [3.8, 4) is 11.4 Å². The van der Waals surface area contributed by atoms with Gasteiger partial charge in [0.1, 0.15) is 0 Å². The molecule has 0 bridgehead atoms. The number of hydrogen-bond acceptors (Lipinski definition) is 6. The summed E-state index contributed by atoms with van der Waals surface area (Å²) >= 11 is 0. The number of aryl methyl sites for hydroxylation is 1. The van der Waals surface area contributed by atoms with Crippen LogP contribution in [0, 0.1) is 0 Å². The lowest BCUT2D eigenvalue weighted by Gasteiger charge is -2.05. The first-order chi connectivity index (χ1) is 12.4. The van der Waals surface area contributed by atoms with Crippen molar-refractivity contribution in [3.63, 3.8) is 0 Å². The second-order valence-corrected chi connectivity index (χ2v) is 7.06. The molecule has 0 unspecified atom stereocenters. The summed E-state index contributed by atoms with van der Waals surface area (Å²) in [6.45, 7) is 0. The predicted molar refractivity (Wildman–Crippen MR) is 94.5 cm³/mol. The molecule has 0 saturated carbocycles. The van der Waals surface area contributed by atoms with Gasteiger partial charge in [0.05, 0.1) is 4.90 Å². The van der Waals surface area contributed by atoms with Gasteiger partial charge in [0, 0.05) is 24.1 Å². The van der Waals surface area contributed by atoms with E-state index in [4.69, 9.17) is 9.66 Å². The molecule has 134 valence electrons. The van der Waals surface area contributed by atoms with Crippen LogP contribution in [0.4, 0.5) is 5.69 Å².